The first kappa shape index (κ1) is 33.1. The highest BCUT2D eigenvalue weighted by molar-refractivity contribution is 7.98. The van der Waals surface area contributed by atoms with Gasteiger partial charge < -0.3 is 20.1 Å². The number of hydrogen-bond acceptors (Lipinski definition) is 7. The molecule has 42 heavy (non-hydrogen) atoms. The van der Waals surface area contributed by atoms with Crippen molar-refractivity contribution in [1.82, 2.24) is 10.3 Å². The monoisotopic (exact) mass is 594 g/mol. The Bertz CT molecular complexity index is 1280. The van der Waals surface area contributed by atoms with E-state index in [1.165, 1.54) is 0 Å². The van der Waals surface area contributed by atoms with E-state index in [1.54, 1.807) is 42.1 Å². The van der Waals surface area contributed by atoms with E-state index < -0.39 is 0 Å². The van der Waals surface area contributed by atoms with Crippen molar-refractivity contribution >= 4 is 35.0 Å². The van der Waals surface area contributed by atoms with Crippen LogP contribution < -0.4 is 20.7 Å². The van der Waals surface area contributed by atoms with Crippen molar-refractivity contribution in [2.75, 3.05) is 43.6 Å². The average molecular weight is 595 g/mol. The van der Waals surface area contributed by atoms with Crippen LogP contribution >= 0.6 is 11.8 Å². The van der Waals surface area contributed by atoms with Crippen molar-refractivity contribution in [3.8, 4) is 0 Å². The van der Waals surface area contributed by atoms with Gasteiger partial charge in [-0.15, -0.1) is 11.8 Å². The Hall–Kier alpha value is -3.44. The molecule has 1 aromatic heterocycles. The summed E-state index contributed by atoms with van der Waals surface area (Å²) < 4.78 is 7.64. The molecule has 0 aliphatic heterocycles. The largest absolute Gasteiger partial charge is 0.392 e. The van der Waals surface area contributed by atoms with Crippen LogP contribution in [0.3, 0.4) is 0 Å². The number of aryl methyl sites for hydroxylation is 1. The molecule has 226 valence electrons. The standard InChI is InChI=1S/C32H43N5O4S/c1-4-15-37(16-5-2)18-9-19-41-23-31(39)33-27-13-14-29(30(20-27)42-24-25-10-8-17-36(3)21-25)34-35-32(40)28-12-7-6-11-26(28)22-38/h6-8,10-14,17,20-21,34,38H,4-5,9,15-16,18-19,22-24H2,1-3H3,(H-,33,35,39,40)/p+1. The van der Waals surface area contributed by atoms with E-state index in [1.807, 2.05) is 36.0 Å². The number of hydrogen-bond donors (Lipinski definition) is 4. The summed E-state index contributed by atoms with van der Waals surface area (Å²) in [6.45, 7) is 7.81. The summed E-state index contributed by atoms with van der Waals surface area (Å²) in [7, 11) is 1.98. The summed E-state index contributed by atoms with van der Waals surface area (Å²) in [6, 6.07) is 16.5. The zero-order chi connectivity index (χ0) is 30.2. The number of benzene rings is 2. The number of carbonyl (C=O) groups is 2. The van der Waals surface area contributed by atoms with Crippen LogP contribution in [0.2, 0.25) is 0 Å². The number of ether oxygens (including phenoxy) is 1. The highest BCUT2D eigenvalue weighted by Crippen LogP contribution is 2.32. The molecule has 3 rings (SSSR count). The highest BCUT2D eigenvalue weighted by atomic mass is 32.2. The van der Waals surface area contributed by atoms with Gasteiger partial charge in [-0.1, -0.05) is 32.0 Å². The van der Waals surface area contributed by atoms with E-state index in [0.717, 1.165) is 49.4 Å². The molecule has 0 saturated carbocycles. The number of aliphatic hydroxyl groups is 1. The van der Waals surface area contributed by atoms with Gasteiger partial charge in [0.15, 0.2) is 12.4 Å². The molecule has 0 fully saturated rings. The van der Waals surface area contributed by atoms with Crippen molar-refractivity contribution < 1.29 is 24.0 Å². The van der Waals surface area contributed by atoms with Crippen LogP contribution in [-0.4, -0.2) is 54.7 Å². The van der Waals surface area contributed by atoms with E-state index in [0.29, 0.717) is 34.9 Å². The number of rotatable bonds is 18. The lowest BCUT2D eigenvalue weighted by molar-refractivity contribution is -0.671. The molecule has 0 saturated heterocycles. The third kappa shape index (κ3) is 11.1. The molecule has 3 aromatic rings. The number of aromatic nitrogens is 1. The molecule has 0 bridgehead atoms. The lowest BCUT2D eigenvalue weighted by Gasteiger charge is -2.20. The first-order chi connectivity index (χ1) is 20.4. The molecule has 0 radical (unpaired) electrons. The second kappa shape index (κ2) is 18.2. The summed E-state index contributed by atoms with van der Waals surface area (Å²) in [5.74, 6) is 0.125. The Morgan fingerprint density at radius 3 is 2.55 bits per heavy atom. The molecule has 9 nitrogen and oxygen atoms in total. The zero-order valence-corrected chi connectivity index (χ0v) is 25.7. The fourth-order valence-corrected chi connectivity index (χ4v) is 5.49. The minimum Gasteiger partial charge on any atom is -0.392 e. The predicted octanol–water partition coefficient (Wildman–Crippen LogP) is 4.52. The number of carbonyl (C=O) groups excluding carboxylic acids is 2. The van der Waals surface area contributed by atoms with Gasteiger partial charge in [0.25, 0.3) is 5.91 Å². The van der Waals surface area contributed by atoms with Crippen molar-refractivity contribution in [2.45, 2.75) is 50.4 Å². The number of thioether (sulfide) groups is 1. The van der Waals surface area contributed by atoms with E-state index >= 15 is 0 Å². The maximum Gasteiger partial charge on any atom is 0.269 e. The van der Waals surface area contributed by atoms with E-state index in [2.05, 4.69) is 47.2 Å². The lowest BCUT2D eigenvalue weighted by Crippen LogP contribution is -2.30. The van der Waals surface area contributed by atoms with Crippen molar-refractivity contribution in [3.05, 3.63) is 83.7 Å². The van der Waals surface area contributed by atoms with Crippen LogP contribution in [0.15, 0.2) is 71.9 Å². The van der Waals surface area contributed by atoms with Gasteiger partial charge in [-0.05, 0) is 68.2 Å². The van der Waals surface area contributed by atoms with Crippen molar-refractivity contribution in [2.24, 2.45) is 7.05 Å². The van der Waals surface area contributed by atoms with Gasteiger partial charge in [0.1, 0.15) is 13.7 Å². The Kier molecular flexibility index (Phi) is 14.3. The summed E-state index contributed by atoms with van der Waals surface area (Å²) >= 11 is 1.59. The number of nitrogens with one attached hydrogen (secondary N) is 3. The Morgan fingerprint density at radius 1 is 1.02 bits per heavy atom. The van der Waals surface area contributed by atoms with E-state index in [9.17, 15) is 14.7 Å². The average Bonchev–Trinajstić information content (AvgIpc) is 2.99. The van der Waals surface area contributed by atoms with Gasteiger partial charge in [0, 0.05) is 46.7 Å². The summed E-state index contributed by atoms with van der Waals surface area (Å²) in [4.78, 5) is 28.7. The predicted molar refractivity (Wildman–Crippen MR) is 168 cm³/mol. The van der Waals surface area contributed by atoms with Crippen LogP contribution in [0, 0.1) is 0 Å². The van der Waals surface area contributed by atoms with Gasteiger partial charge in [-0.2, -0.15) is 0 Å². The fourth-order valence-electron chi connectivity index (χ4n) is 4.51. The summed E-state index contributed by atoms with van der Waals surface area (Å²) in [5.41, 5.74) is 9.16. The second-order valence-corrected chi connectivity index (χ2v) is 11.1. The zero-order valence-electron chi connectivity index (χ0n) is 24.9. The van der Waals surface area contributed by atoms with Crippen molar-refractivity contribution in [1.29, 1.82) is 0 Å². The quantitative estimate of drug-likeness (QED) is 0.0743. The maximum atomic E-state index is 12.8. The Balaban J connectivity index is 1.61. The molecule has 0 spiro atoms. The SMILES string of the molecule is CCCN(CCC)CCCOCC(=O)Nc1ccc(NNC(=O)c2ccccc2CO)c(SCc2ccc[n+](C)c2)c1. The number of nitrogens with zero attached hydrogens (tertiary/aromatic N) is 2. The molecule has 0 atom stereocenters. The Labute approximate surface area is 253 Å². The molecule has 1 heterocycles. The van der Waals surface area contributed by atoms with Gasteiger partial charge in [-0.3, -0.25) is 20.4 Å². The molecule has 10 heteroatoms. The Morgan fingerprint density at radius 2 is 1.81 bits per heavy atom. The lowest BCUT2D eigenvalue weighted by atomic mass is 10.1. The molecule has 4 N–H and O–H groups in total. The summed E-state index contributed by atoms with van der Waals surface area (Å²) in [5, 5.41) is 12.5. The third-order valence-corrected chi connectivity index (χ3v) is 7.61. The molecule has 0 unspecified atom stereocenters. The minimum atomic E-state index is -0.354. The van der Waals surface area contributed by atoms with Gasteiger partial charge >= 0.3 is 0 Å². The fraction of sp³-hybridized carbons (Fsp3) is 0.406. The topological polar surface area (TPSA) is 107 Å². The first-order valence-electron chi connectivity index (χ1n) is 14.5. The van der Waals surface area contributed by atoms with Crippen LogP contribution in [0.5, 0.6) is 0 Å². The smallest absolute Gasteiger partial charge is 0.269 e. The van der Waals surface area contributed by atoms with Crippen LogP contribution in [0.4, 0.5) is 11.4 Å². The van der Waals surface area contributed by atoms with Crippen LogP contribution in [0.25, 0.3) is 0 Å². The molecule has 0 aliphatic rings. The van der Waals surface area contributed by atoms with Gasteiger partial charge in [0.05, 0.1) is 12.3 Å². The van der Waals surface area contributed by atoms with Crippen LogP contribution in [0.1, 0.15) is 54.6 Å². The van der Waals surface area contributed by atoms with Crippen molar-refractivity contribution in [3.63, 3.8) is 0 Å². The number of pyridine rings is 1. The van der Waals surface area contributed by atoms with Crippen LogP contribution in [-0.2, 0) is 28.9 Å². The summed E-state index contributed by atoms with van der Waals surface area (Å²) in [6.07, 6.45) is 7.18. The number of anilines is 2. The molecular weight excluding hydrogens is 550 g/mol. The normalized spacial score (nSPS) is 11.0. The van der Waals surface area contributed by atoms with E-state index in [4.69, 9.17) is 4.74 Å². The molecule has 2 amide bonds. The number of amides is 2. The number of hydrazine groups is 1. The molecule has 0 aliphatic carbocycles. The highest BCUT2D eigenvalue weighted by Gasteiger charge is 2.13. The first-order valence-corrected chi connectivity index (χ1v) is 15.5. The molecular formula is C32H44N5O4S+. The van der Waals surface area contributed by atoms with Gasteiger partial charge in [-0.25, -0.2) is 4.57 Å². The van der Waals surface area contributed by atoms with Gasteiger partial charge in [0.2, 0.25) is 5.91 Å². The number of aliphatic hydroxyl groups excluding tert-OH is 1. The van der Waals surface area contributed by atoms with E-state index in [-0.39, 0.29) is 25.0 Å². The maximum absolute atomic E-state index is 12.8. The minimum absolute atomic E-state index is 0.00906. The molecule has 2 aromatic carbocycles. The third-order valence-electron chi connectivity index (χ3n) is 6.48. The second-order valence-electron chi connectivity index (χ2n) is 10.1.